The number of benzene rings is 1. The SMILES string of the molecule is O=C(O)[C@H](Cc1ccc(Br)cc1F)NC(=O)C12CC3CC(CC(C3)C1)C2. The lowest BCUT2D eigenvalue weighted by Gasteiger charge is -2.55. The van der Waals surface area contributed by atoms with E-state index in [1.54, 1.807) is 12.1 Å². The minimum absolute atomic E-state index is 0.0491. The van der Waals surface area contributed by atoms with E-state index in [9.17, 15) is 19.1 Å². The number of halogens is 2. The number of carbonyl (C=O) groups is 2. The summed E-state index contributed by atoms with van der Waals surface area (Å²) in [5.74, 6) is 0.110. The summed E-state index contributed by atoms with van der Waals surface area (Å²) in [6.07, 6.45) is 6.25. The third kappa shape index (κ3) is 3.28. The van der Waals surface area contributed by atoms with Crippen molar-refractivity contribution in [1.82, 2.24) is 5.32 Å². The average molecular weight is 424 g/mol. The molecular formula is C20H23BrFNO3. The first-order chi connectivity index (χ1) is 12.3. The van der Waals surface area contributed by atoms with Crippen molar-refractivity contribution in [1.29, 1.82) is 0 Å². The zero-order chi connectivity index (χ0) is 18.5. The summed E-state index contributed by atoms with van der Waals surface area (Å²) in [5, 5.41) is 12.3. The van der Waals surface area contributed by atoms with E-state index in [0.29, 0.717) is 27.8 Å². The van der Waals surface area contributed by atoms with E-state index in [1.807, 2.05) is 0 Å². The van der Waals surface area contributed by atoms with Gasteiger partial charge in [-0.2, -0.15) is 0 Å². The van der Waals surface area contributed by atoms with Gasteiger partial charge in [-0.25, -0.2) is 9.18 Å². The first kappa shape index (κ1) is 18.0. The van der Waals surface area contributed by atoms with Crippen LogP contribution in [0.15, 0.2) is 22.7 Å². The van der Waals surface area contributed by atoms with Gasteiger partial charge in [-0.15, -0.1) is 0 Å². The molecule has 0 aliphatic heterocycles. The second-order valence-corrected chi connectivity index (χ2v) is 9.42. The van der Waals surface area contributed by atoms with Crippen LogP contribution in [0.5, 0.6) is 0 Å². The lowest BCUT2D eigenvalue weighted by molar-refractivity contribution is -0.151. The Labute approximate surface area is 160 Å². The minimum Gasteiger partial charge on any atom is -0.480 e. The Morgan fingerprint density at radius 1 is 1.19 bits per heavy atom. The van der Waals surface area contributed by atoms with Gasteiger partial charge in [0, 0.05) is 16.3 Å². The first-order valence-electron chi connectivity index (χ1n) is 9.32. The molecule has 4 aliphatic carbocycles. The highest BCUT2D eigenvalue weighted by atomic mass is 79.9. The summed E-state index contributed by atoms with van der Waals surface area (Å²) in [5.41, 5.74) is -0.104. The molecule has 0 spiro atoms. The smallest absolute Gasteiger partial charge is 0.326 e. The van der Waals surface area contributed by atoms with E-state index in [1.165, 1.54) is 25.3 Å². The van der Waals surface area contributed by atoms with Crippen molar-refractivity contribution in [3.05, 3.63) is 34.1 Å². The van der Waals surface area contributed by atoms with E-state index in [0.717, 1.165) is 19.3 Å². The van der Waals surface area contributed by atoms with Gasteiger partial charge in [-0.05, 0) is 74.0 Å². The lowest BCUT2D eigenvalue weighted by Crippen LogP contribution is -2.56. The van der Waals surface area contributed by atoms with Crippen molar-refractivity contribution >= 4 is 27.8 Å². The number of amides is 1. The molecule has 4 bridgehead atoms. The Kier molecular flexibility index (Phi) is 4.58. The topological polar surface area (TPSA) is 66.4 Å². The summed E-state index contributed by atoms with van der Waals surface area (Å²) in [6.45, 7) is 0. The van der Waals surface area contributed by atoms with E-state index in [-0.39, 0.29) is 12.3 Å². The number of hydrogen-bond acceptors (Lipinski definition) is 2. The van der Waals surface area contributed by atoms with Crippen molar-refractivity contribution < 1.29 is 19.1 Å². The molecule has 4 fully saturated rings. The van der Waals surface area contributed by atoms with Crippen LogP contribution in [0.1, 0.15) is 44.1 Å². The van der Waals surface area contributed by atoms with Gasteiger partial charge in [-0.1, -0.05) is 22.0 Å². The van der Waals surface area contributed by atoms with E-state index < -0.39 is 23.2 Å². The molecule has 1 atom stereocenters. The largest absolute Gasteiger partial charge is 0.480 e. The molecule has 140 valence electrons. The summed E-state index contributed by atoms with van der Waals surface area (Å²) < 4.78 is 14.7. The lowest BCUT2D eigenvalue weighted by atomic mass is 9.49. The number of aliphatic carboxylic acids is 1. The molecule has 26 heavy (non-hydrogen) atoms. The van der Waals surface area contributed by atoms with Gasteiger partial charge in [0.05, 0.1) is 0 Å². The fourth-order valence-corrected chi connectivity index (χ4v) is 6.14. The molecule has 2 N–H and O–H groups in total. The van der Waals surface area contributed by atoms with Crippen LogP contribution >= 0.6 is 15.9 Å². The third-order valence-corrected chi connectivity index (χ3v) is 7.06. The second-order valence-electron chi connectivity index (χ2n) is 8.50. The van der Waals surface area contributed by atoms with Gasteiger partial charge in [0.15, 0.2) is 0 Å². The quantitative estimate of drug-likeness (QED) is 0.753. The van der Waals surface area contributed by atoms with Crippen LogP contribution in [0.3, 0.4) is 0 Å². The van der Waals surface area contributed by atoms with Crippen LogP contribution in [0.2, 0.25) is 0 Å². The van der Waals surface area contributed by atoms with Crippen molar-refractivity contribution in [3.63, 3.8) is 0 Å². The number of nitrogens with one attached hydrogen (secondary N) is 1. The molecule has 6 heteroatoms. The molecule has 4 aliphatic rings. The molecule has 0 heterocycles. The molecule has 0 unspecified atom stereocenters. The number of carbonyl (C=O) groups excluding carboxylic acids is 1. The molecule has 0 aromatic heterocycles. The number of rotatable bonds is 5. The molecule has 1 amide bonds. The summed E-state index contributed by atoms with van der Waals surface area (Å²) in [4.78, 5) is 24.8. The van der Waals surface area contributed by atoms with Gasteiger partial charge in [0.1, 0.15) is 11.9 Å². The molecule has 1 aromatic rings. The summed E-state index contributed by atoms with van der Waals surface area (Å²) >= 11 is 3.20. The maximum Gasteiger partial charge on any atom is 0.326 e. The van der Waals surface area contributed by atoms with Gasteiger partial charge < -0.3 is 10.4 Å². The maximum absolute atomic E-state index is 14.1. The highest BCUT2D eigenvalue weighted by Gasteiger charge is 2.54. The van der Waals surface area contributed by atoms with E-state index in [4.69, 9.17) is 0 Å². The predicted molar refractivity (Wildman–Crippen MR) is 98.0 cm³/mol. The van der Waals surface area contributed by atoms with E-state index in [2.05, 4.69) is 21.2 Å². The van der Waals surface area contributed by atoms with Crippen molar-refractivity contribution in [3.8, 4) is 0 Å². The molecule has 5 rings (SSSR count). The van der Waals surface area contributed by atoms with Crippen LogP contribution in [0.25, 0.3) is 0 Å². The number of carboxylic acid groups (broad SMARTS) is 1. The number of hydrogen-bond donors (Lipinski definition) is 2. The predicted octanol–water partition coefficient (Wildman–Crippen LogP) is 3.92. The third-order valence-electron chi connectivity index (χ3n) is 6.56. The normalized spacial score (nSPS) is 33.1. The molecule has 4 saturated carbocycles. The Morgan fingerprint density at radius 3 is 2.27 bits per heavy atom. The zero-order valence-electron chi connectivity index (χ0n) is 14.5. The van der Waals surface area contributed by atoms with Crippen LogP contribution in [0, 0.1) is 29.0 Å². The summed E-state index contributed by atoms with van der Waals surface area (Å²) in [6, 6.07) is 3.45. The second kappa shape index (κ2) is 6.63. The number of carboxylic acids is 1. The Hall–Kier alpha value is -1.43. The van der Waals surface area contributed by atoms with Crippen LogP contribution in [-0.4, -0.2) is 23.0 Å². The van der Waals surface area contributed by atoms with Crippen molar-refractivity contribution in [2.24, 2.45) is 23.2 Å². The van der Waals surface area contributed by atoms with E-state index >= 15 is 0 Å². The fraction of sp³-hybridized carbons (Fsp3) is 0.600. The first-order valence-corrected chi connectivity index (χ1v) is 10.1. The average Bonchev–Trinajstić information content (AvgIpc) is 2.55. The van der Waals surface area contributed by atoms with Crippen molar-refractivity contribution in [2.75, 3.05) is 0 Å². The zero-order valence-corrected chi connectivity index (χ0v) is 16.1. The van der Waals surface area contributed by atoms with Crippen LogP contribution < -0.4 is 5.32 Å². The van der Waals surface area contributed by atoms with Gasteiger partial charge >= 0.3 is 5.97 Å². The Balaban J connectivity index is 1.50. The molecule has 0 radical (unpaired) electrons. The molecule has 0 saturated heterocycles. The summed E-state index contributed by atoms with van der Waals surface area (Å²) in [7, 11) is 0. The van der Waals surface area contributed by atoms with Gasteiger partial charge in [0.2, 0.25) is 5.91 Å². The van der Waals surface area contributed by atoms with Gasteiger partial charge in [-0.3, -0.25) is 4.79 Å². The minimum atomic E-state index is -1.12. The Bertz CT molecular complexity index is 715. The highest BCUT2D eigenvalue weighted by molar-refractivity contribution is 9.10. The monoisotopic (exact) mass is 423 g/mol. The maximum atomic E-state index is 14.1. The van der Waals surface area contributed by atoms with Crippen LogP contribution in [-0.2, 0) is 16.0 Å². The Morgan fingerprint density at radius 2 is 1.77 bits per heavy atom. The molecule has 1 aromatic carbocycles. The van der Waals surface area contributed by atoms with Crippen molar-refractivity contribution in [2.45, 2.75) is 51.0 Å². The van der Waals surface area contributed by atoms with Gasteiger partial charge in [0.25, 0.3) is 0 Å². The standard InChI is InChI=1S/C20H23BrFNO3/c21-15-2-1-14(16(22)7-15)6-17(18(24)25)23-19(26)20-8-11-3-12(9-20)5-13(4-11)10-20/h1-2,7,11-13,17H,3-6,8-10H2,(H,23,26)(H,24,25)/t11?,12?,13?,17-,20?/m0/s1. The highest BCUT2D eigenvalue weighted by Crippen LogP contribution is 2.60. The fourth-order valence-electron chi connectivity index (χ4n) is 5.81. The molecule has 4 nitrogen and oxygen atoms in total. The molecular weight excluding hydrogens is 401 g/mol. The van der Waals surface area contributed by atoms with Crippen LogP contribution in [0.4, 0.5) is 4.39 Å².